The van der Waals surface area contributed by atoms with Gasteiger partial charge in [0.15, 0.2) is 0 Å². The molecule has 0 aliphatic carbocycles. The van der Waals surface area contributed by atoms with E-state index in [1.54, 1.807) is 12.1 Å². The molecule has 0 atom stereocenters. The van der Waals surface area contributed by atoms with Crippen molar-refractivity contribution in [1.29, 1.82) is 10.5 Å². The highest BCUT2D eigenvalue weighted by atomic mass is 16.6. The van der Waals surface area contributed by atoms with Crippen LogP contribution in [-0.4, -0.2) is 7.69 Å². The molecular formula is C22H12BN2O2. The average molecular weight is 347 g/mol. The van der Waals surface area contributed by atoms with Crippen molar-refractivity contribution < 1.29 is 9.31 Å². The van der Waals surface area contributed by atoms with Crippen LogP contribution in [0.4, 0.5) is 0 Å². The lowest BCUT2D eigenvalue weighted by molar-refractivity contribution is 0.465. The molecule has 4 rings (SSSR count). The Morgan fingerprint density at radius 1 is 0.630 bits per heavy atom. The molecule has 0 fully saturated rings. The zero-order valence-electron chi connectivity index (χ0n) is 14.2. The standard InChI is InChI=1S/C22H12BN2O2/c24-13-15-7-9-19-17(11-15)3-1-5-21(19)26-23-27-22-6-2-4-18-12-16(14-25)8-10-20(18)22/h1-12H. The second-order valence-corrected chi connectivity index (χ2v) is 5.94. The SMILES string of the molecule is N#Cc1ccc2c(O[B]Oc3cccc4cc(C#N)ccc34)cccc2c1. The summed E-state index contributed by atoms with van der Waals surface area (Å²) >= 11 is 0. The molecule has 0 amide bonds. The van der Waals surface area contributed by atoms with Crippen LogP contribution in [0.25, 0.3) is 21.5 Å². The smallest absolute Gasteiger partial charge is 0.526 e. The molecule has 0 unspecified atom stereocenters. The summed E-state index contributed by atoms with van der Waals surface area (Å²) in [6, 6.07) is 26.4. The molecule has 0 bridgehead atoms. The van der Waals surface area contributed by atoms with Gasteiger partial charge in [-0.3, -0.25) is 0 Å². The fourth-order valence-electron chi connectivity index (χ4n) is 2.98. The Morgan fingerprint density at radius 3 is 1.56 bits per heavy atom. The molecule has 1 radical (unpaired) electrons. The molecule has 0 aliphatic rings. The van der Waals surface area contributed by atoms with Gasteiger partial charge in [-0.1, -0.05) is 24.3 Å². The number of hydrogen-bond donors (Lipinski definition) is 0. The normalized spacial score (nSPS) is 10.1. The van der Waals surface area contributed by atoms with Crippen LogP contribution in [-0.2, 0) is 0 Å². The second kappa shape index (κ2) is 7.11. The monoisotopic (exact) mass is 347 g/mol. The van der Waals surface area contributed by atoms with Gasteiger partial charge in [0.05, 0.1) is 23.3 Å². The summed E-state index contributed by atoms with van der Waals surface area (Å²) in [4.78, 5) is 0. The first-order chi connectivity index (χ1) is 13.3. The highest BCUT2D eigenvalue weighted by molar-refractivity contribution is 6.22. The van der Waals surface area contributed by atoms with Gasteiger partial charge in [0.1, 0.15) is 11.5 Å². The van der Waals surface area contributed by atoms with E-state index in [2.05, 4.69) is 12.1 Å². The van der Waals surface area contributed by atoms with Crippen LogP contribution < -0.4 is 9.31 Å². The minimum absolute atomic E-state index is 0.604. The Hall–Kier alpha value is -3.96. The lowest BCUT2D eigenvalue weighted by Crippen LogP contribution is -2.11. The molecule has 27 heavy (non-hydrogen) atoms. The molecule has 0 aliphatic heterocycles. The van der Waals surface area contributed by atoms with Gasteiger partial charge in [0.2, 0.25) is 0 Å². The van der Waals surface area contributed by atoms with E-state index in [-0.39, 0.29) is 0 Å². The molecule has 0 heterocycles. The van der Waals surface area contributed by atoms with Crippen molar-refractivity contribution in [2.24, 2.45) is 0 Å². The topological polar surface area (TPSA) is 66.0 Å². The van der Waals surface area contributed by atoms with Crippen molar-refractivity contribution in [2.45, 2.75) is 0 Å². The van der Waals surface area contributed by atoms with E-state index < -0.39 is 0 Å². The average Bonchev–Trinajstić information content (AvgIpc) is 2.73. The van der Waals surface area contributed by atoms with Crippen molar-refractivity contribution in [3.63, 3.8) is 0 Å². The summed E-state index contributed by atoms with van der Waals surface area (Å²) in [7, 11) is 1.29. The highest BCUT2D eigenvalue weighted by Crippen LogP contribution is 2.28. The summed E-state index contributed by atoms with van der Waals surface area (Å²) in [5, 5.41) is 21.7. The predicted molar refractivity (Wildman–Crippen MR) is 104 cm³/mol. The lowest BCUT2D eigenvalue weighted by atomic mass is 10.1. The number of benzene rings is 4. The third-order valence-electron chi connectivity index (χ3n) is 4.29. The fourth-order valence-corrected chi connectivity index (χ4v) is 2.98. The van der Waals surface area contributed by atoms with Crippen LogP contribution in [0.15, 0.2) is 72.8 Å². The molecular weight excluding hydrogens is 335 g/mol. The third-order valence-corrected chi connectivity index (χ3v) is 4.29. The van der Waals surface area contributed by atoms with Gasteiger partial charge in [-0.15, -0.1) is 0 Å². The zero-order valence-corrected chi connectivity index (χ0v) is 14.2. The Morgan fingerprint density at radius 2 is 1.11 bits per heavy atom. The van der Waals surface area contributed by atoms with E-state index in [0.29, 0.717) is 22.6 Å². The Kier molecular flexibility index (Phi) is 4.35. The van der Waals surface area contributed by atoms with E-state index in [0.717, 1.165) is 21.5 Å². The third kappa shape index (κ3) is 3.27. The summed E-state index contributed by atoms with van der Waals surface area (Å²) in [5.41, 5.74) is 1.21. The van der Waals surface area contributed by atoms with Gasteiger partial charge < -0.3 is 9.31 Å². The lowest BCUT2D eigenvalue weighted by Gasteiger charge is -2.11. The van der Waals surface area contributed by atoms with Crippen molar-refractivity contribution in [2.75, 3.05) is 0 Å². The molecule has 0 saturated carbocycles. The summed E-state index contributed by atoms with van der Waals surface area (Å²) in [6.07, 6.45) is 0. The zero-order chi connectivity index (χ0) is 18.6. The maximum absolute atomic E-state index is 9.03. The molecule has 4 nitrogen and oxygen atoms in total. The second-order valence-electron chi connectivity index (χ2n) is 5.94. The molecule has 5 heteroatoms. The molecule has 125 valence electrons. The van der Waals surface area contributed by atoms with Crippen LogP contribution in [0, 0.1) is 22.7 Å². The van der Waals surface area contributed by atoms with Gasteiger partial charge in [-0.25, -0.2) is 0 Å². The van der Waals surface area contributed by atoms with E-state index in [4.69, 9.17) is 19.8 Å². The van der Waals surface area contributed by atoms with Crippen LogP contribution in [0.3, 0.4) is 0 Å². The van der Waals surface area contributed by atoms with Crippen LogP contribution in [0.1, 0.15) is 11.1 Å². The first-order valence-corrected chi connectivity index (χ1v) is 8.29. The summed E-state index contributed by atoms with van der Waals surface area (Å²) in [6.45, 7) is 0. The van der Waals surface area contributed by atoms with Crippen molar-refractivity contribution in [3.05, 3.63) is 83.9 Å². The van der Waals surface area contributed by atoms with Crippen molar-refractivity contribution in [3.8, 4) is 23.6 Å². The molecule has 0 aromatic heterocycles. The summed E-state index contributed by atoms with van der Waals surface area (Å²) < 4.78 is 11.4. The number of hydrogen-bond acceptors (Lipinski definition) is 4. The molecule has 4 aromatic rings. The molecule has 0 spiro atoms. The van der Waals surface area contributed by atoms with Crippen molar-refractivity contribution in [1.82, 2.24) is 0 Å². The first-order valence-electron chi connectivity index (χ1n) is 8.29. The van der Waals surface area contributed by atoms with Gasteiger partial charge >= 0.3 is 7.69 Å². The minimum atomic E-state index is 0.604. The predicted octanol–water partition coefficient (Wildman–Crippen LogP) is 4.73. The number of nitriles is 2. The van der Waals surface area contributed by atoms with Crippen LogP contribution in [0.5, 0.6) is 11.5 Å². The highest BCUT2D eigenvalue weighted by Gasteiger charge is 2.09. The van der Waals surface area contributed by atoms with Crippen LogP contribution >= 0.6 is 0 Å². The largest absolute Gasteiger partial charge is 0.658 e. The number of nitrogens with zero attached hydrogens (tertiary/aromatic N) is 2. The van der Waals surface area contributed by atoms with Crippen molar-refractivity contribution >= 4 is 29.2 Å². The van der Waals surface area contributed by atoms with Gasteiger partial charge in [0, 0.05) is 10.8 Å². The van der Waals surface area contributed by atoms with Gasteiger partial charge in [0.25, 0.3) is 0 Å². The quantitative estimate of drug-likeness (QED) is 0.501. The van der Waals surface area contributed by atoms with E-state index in [1.165, 1.54) is 7.69 Å². The van der Waals surface area contributed by atoms with Gasteiger partial charge in [-0.05, 0) is 59.3 Å². The maximum atomic E-state index is 9.03. The maximum Gasteiger partial charge on any atom is 0.658 e. The molecule has 4 aromatic carbocycles. The van der Waals surface area contributed by atoms with E-state index >= 15 is 0 Å². The Bertz CT molecular complexity index is 1140. The molecule has 0 N–H and O–H groups in total. The van der Waals surface area contributed by atoms with Gasteiger partial charge in [-0.2, -0.15) is 10.5 Å². The minimum Gasteiger partial charge on any atom is -0.526 e. The van der Waals surface area contributed by atoms with E-state index in [1.807, 2.05) is 60.7 Å². The number of rotatable bonds is 4. The van der Waals surface area contributed by atoms with E-state index in [9.17, 15) is 0 Å². The summed E-state index contributed by atoms with van der Waals surface area (Å²) in [5.74, 6) is 1.29. The Balaban J connectivity index is 1.56. The number of fused-ring (bicyclic) bond motifs is 2. The van der Waals surface area contributed by atoms with Crippen LogP contribution in [0.2, 0.25) is 0 Å². The first kappa shape index (κ1) is 16.5. The fraction of sp³-hybridized carbons (Fsp3) is 0. The Labute approximate surface area is 157 Å². The molecule has 0 saturated heterocycles.